The maximum absolute atomic E-state index is 12.7. The Bertz CT molecular complexity index is 821. The lowest BCUT2D eigenvalue weighted by Crippen LogP contribution is -2.41. The predicted octanol–water partition coefficient (Wildman–Crippen LogP) is 3.96. The average Bonchev–Trinajstić information content (AvgIpc) is 2.63. The summed E-state index contributed by atoms with van der Waals surface area (Å²) < 4.78 is 10.4. The van der Waals surface area contributed by atoms with Crippen molar-refractivity contribution >= 4 is 34.8 Å². The zero-order valence-corrected chi connectivity index (χ0v) is 15.8. The summed E-state index contributed by atoms with van der Waals surface area (Å²) >= 11 is 6.06. The number of benzene rings is 2. The van der Waals surface area contributed by atoms with Crippen LogP contribution in [0.4, 0.5) is 11.4 Å². The summed E-state index contributed by atoms with van der Waals surface area (Å²) in [6, 6.07) is 11.8. The van der Waals surface area contributed by atoms with E-state index in [9.17, 15) is 9.59 Å². The van der Waals surface area contributed by atoms with Crippen LogP contribution in [0, 0.1) is 5.41 Å². The molecule has 0 atom stereocenters. The van der Waals surface area contributed by atoms with Crippen molar-refractivity contribution in [2.75, 3.05) is 24.9 Å². The molecule has 0 aliphatic rings. The van der Waals surface area contributed by atoms with E-state index >= 15 is 0 Å². The quantitative estimate of drug-likeness (QED) is 0.748. The fourth-order valence-corrected chi connectivity index (χ4v) is 2.32. The summed E-state index contributed by atoms with van der Waals surface area (Å²) in [5, 5.41) is 5.80. The molecule has 0 radical (unpaired) electrons. The van der Waals surface area contributed by atoms with E-state index in [1.165, 1.54) is 28.1 Å². The van der Waals surface area contributed by atoms with E-state index in [0.717, 1.165) is 0 Å². The van der Waals surface area contributed by atoms with Crippen LogP contribution in [-0.4, -0.2) is 26.0 Å². The molecule has 2 amide bonds. The number of rotatable bonds is 6. The Kier molecular flexibility index (Phi) is 6.10. The zero-order chi connectivity index (χ0) is 19.3. The molecule has 0 aromatic heterocycles. The van der Waals surface area contributed by atoms with Gasteiger partial charge in [-0.1, -0.05) is 23.7 Å². The largest absolute Gasteiger partial charge is 0.497 e. The maximum atomic E-state index is 12.7. The first-order valence-electron chi connectivity index (χ1n) is 7.89. The molecule has 7 heteroatoms. The highest BCUT2D eigenvalue weighted by Crippen LogP contribution is 2.31. The van der Waals surface area contributed by atoms with E-state index in [4.69, 9.17) is 21.1 Å². The summed E-state index contributed by atoms with van der Waals surface area (Å²) in [6.07, 6.45) is 0. The van der Waals surface area contributed by atoms with Gasteiger partial charge < -0.3 is 20.1 Å². The summed E-state index contributed by atoms with van der Waals surface area (Å²) in [5.74, 6) is 0.0412. The van der Waals surface area contributed by atoms with Crippen LogP contribution < -0.4 is 20.1 Å². The topological polar surface area (TPSA) is 76.7 Å². The van der Waals surface area contributed by atoms with E-state index in [2.05, 4.69) is 10.6 Å². The second-order valence-electron chi connectivity index (χ2n) is 6.08. The number of carbonyl (C=O) groups is 2. The molecule has 2 rings (SSSR count). The minimum Gasteiger partial charge on any atom is -0.497 e. The molecule has 0 saturated carbocycles. The minimum absolute atomic E-state index is 0.395. The van der Waals surface area contributed by atoms with Gasteiger partial charge in [-0.25, -0.2) is 0 Å². The number of carbonyl (C=O) groups excluding carboxylic acids is 2. The minimum atomic E-state index is -1.35. The highest BCUT2D eigenvalue weighted by molar-refractivity contribution is 6.34. The van der Waals surface area contributed by atoms with Crippen molar-refractivity contribution in [2.45, 2.75) is 13.8 Å². The van der Waals surface area contributed by atoms with Crippen LogP contribution in [0.1, 0.15) is 13.8 Å². The lowest BCUT2D eigenvalue weighted by Gasteiger charge is -2.23. The van der Waals surface area contributed by atoms with Gasteiger partial charge in [0.05, 0.1) is 30.6 Å². The summed E-state index contributed by atoms with van der Waals surface area (Å²) in [5.41, 5.74) is -0.498. The van der Waals surface area contributed by atoms with Crippen molar-refractivity contribution in [1.82, 2.24) is 0 Å². The van der Waals surface area contributed by atoms with Crippen LogP contribution in [0.2, 0.25) is 5.02 Å². The molecule has 26 heavy (non-hydrogen) atoms. The first-order valence-corrected chi connectivity index (χ1v) is 8.27. The Balaban J connectivity index is 2.19. The standard InChI is InChI=1S/C19H21ClN2O4/c1-19(2,17(23)21-14-8-6-5-7-13(14)20)18(24)22-15-11-12(25-3)9-10-16(15)26-4/h5-11H,1-4H3,(H,21,23)(H,22,24). The molecule has 0 aliphatic heterocycles. The van der Waals surface area contributed by atoms with E-state index < -0.39 is 17.2 Å². The first kappa shape index (κ1) is 19.6. The third kappa shape index (κ3) is 4.26. The van der Waals surface area contributed by atoms with Crippen LogP contribution >= 0.6 is 11.6 Å². The molecule has 0 bridgehead atoms. The van der Waals surface area contributed by atoms with Gasteiger partial charge in [0, 0.05) is 6.07 Å². The number of halogens is 1. The van der Waals surface area contributed by atoms with Gasteiger partial charge in [0.15, 0.2) is 0 Å². The number of hydrogen-bond acceptors (Lipinski definition) is 4. The van der Waals surface area contributed by atoms with Gasteiger partial charge in [-0.05, 0) is 38.1 Å². The van der Waals surface area contributed by atoms with E-state index in [1.807, 2.05) is 0 Å². The van der Waals surface area contributed by atoms with Gasteiger partial charge in [0.2, 0.25) is 11.8 Å². The van der Waals surface area contributed by atoms with Crippen LogP contribution in [0.15, 0.2) is 42.5 Å². The van der Waals surface area contributed by atoms with Gasteiger partial charge in [0.1, 0.15) is 16.9 Å². The third-order valence-electron chi connectivity index (χ3n) is 3.91. The number of methoxy groups -OCH3 is 2. The fraction of sp³-hybridized carbons (Fsp3) is 0.263. The van der Waals surface area contributed by atoms with Crippen LogP contribution in [0.5, 0.6) is 11.5 Å². The summed E-state index contributed by atoms with van der Waals surface area (Å²) in [4.78, 5) is 25.3. The third-order valence-corrected chi connectivity index (χ3v) is 4.24. The second-order valence-corrected chi connectivity index (χ2v) is 6.49. The SMILES string of the molecule is COc1ccc(OC)c(NC(=O)C(C)(C)C(=O)Nc2ccccc2Cl)c1. The zero-order valence-electron chi connectivity index (χ0n) is 15.1. The molecule has 0 heterocycles. The first-order chi connectivity index (χ1) is 12.3. The van der Waals surface area contributed by atoms with Crippen molar-refractivity contribution < 1.29 is 19.1 Å². The van der Waals surface area contributed by atoms with Crippen molar-refractivity contribution in [2.24, 2.45) is 5.41 Å². The molecule has 0 aliphatic carbocycles. The number of hydrogen-bond donors (Lipinski definition) is 2. The van der Waals surface area contributed by atoms with E-state index in [1.54, 1.807) is 42.5 Å². The van der Waals surface area contributed by atoms with Crippen LogP contribution in [0.25, 0.3) is 0 Å². The Hall–Kier alpha value is -2.73. The predicted molar refractivity (Wildman–Crippen MR) is 102 cm³/mol. The Morgan fingerprint density at radius 3 is 2.12 bits per heavy atom. The molecule has 6 nitrogen and oxygen atoms in total. The van der Waals surface area contributed by atoms with E-state index in [-0.39, 0.29) is 0 Å². The average molecular weight is 377 g/mol. The monoisotopic (exact) mass is 376 g/mol. The fourth-order valence-electron chi connectivity index (χ4n) is 2.13. The molecule has 2 N–H and O–H groups in total. The van der Waals surface area contributed by atoms with Gasteiger partial charge in [-0.3, -0.25) is 9.59 Å². The molecule has 2 aromatic rings. The van der Waals surface area contributed by atoms with Gasteiger partial charge in [-0.2, -0.15) is 0 Å². The maximum Gasteiger partial charge on any atom is 0.239 e. The van der Waals surface area contributed by atoms with Crippen molar-refractivity contribution in [3.63, 3.8) is 0 Å². The smallest absolute Gasteiger partial charge is 0.239 e. The van der Waals surface area contributed by atoms with Crippen molar-refractivity contribution in [3.8, 4) is 11.5 Å². The highest BCUT2D eigenvalue weighted by atomic mass is 35.5. The highest BCUT2D eigenvalue weighted by Gasteiger charge is 2.36. The number of amides is 2. The molecular formula is C19H21ClN2O4. The van der Waals surface area contributed by atoms with Gasteiger partial charge in [0.25, 0.3) is 0 Å². The molecule has 0 saturated heterocycles. The van der Waals surface area contributed by atoms with Gasteiger partial charge in [-0.15, -0.1) is 0 Å². The molecule has 0 unspecified atom stereocenters. The normalized spacial score (nSPS) is 10.8. The van der Waals surface area contributed by atoms with Crippen LogP contribution in [-0.2, 0) is 9.59 Å². The Morgan fingerprint density at radius 2 is 1.54 bits per heavy atom. The lowest BCUT2D eigenvalue weighted by atomic mass is 9.90. The number of ether oxygens (including phenoxy) is 2. The number of nitrogens with one attached hydrogen (secondary N) is 2. The Labute approximate surface area is 157 Å². The molecule has 0 spiro atoms. The molecule has 138 valence electrons. The number of anilines is 2. The van der Waals surface area contributed by atoms with Crippen molar-refractivity contribution in [1.29, 1.82) is 0 Å². The summed E-state index contributed by atoms with van der Waals surface area (Å²) in [6.45, 7) is 3.06. The molecule has 0 fully saturated rings. The Morgan fingerprint density at radius 1 is 0.923 bits per heavy atom. The lowest BCUT2D eigenvalue weighted by molar-refractivity contribution is -0.135. The molecule has 2 aromatic carbocycles. The van der Waals surface area contributed by atoms with Crippen molar-refractivity contribution in [3.05, 3.63) is 47.5 Å². The van der Waals surface area contributed by atoms with E-state index in [0.29, 0.717) is 27.9 Å². The second kappa shape index (κ2) is 8.10. The molecular weight excluding hydrogens is 356 g/mol. The van der Waals surface area contributed by atoms with Crippen LogP contribution in [0.3, 0.4) is 0 Å². The number of para-hydroxylation sites is 1. The van der Waals surface area contributed by atoms with Gasteiger partial charge >= 0.3 is 0 Å². The summed E-state index contributed by atoms with van der Waals surface area (Å²) in [7, 11) is 3.01.